The van der Waals surface area contributed by atoms with Crippen molar-refractivity contribution in [1.82, 2.24) is 9.88 Å². The molecule has 24 heavy (non-hydrogen) atoms. The second-order valence-corrected chi connectivity index (χ2v) is 5.99. The third kappa shape index (κ3) is 3.59. The van der Waals surface area contributed by atoms with Crippen LogP contribution in [0.1, 0.15) is 36.7 Å². The number of anilines is 1. The van der Waals surface area contributed by atoms with Gasteiger partial charge in [-0.3, -0.25) is 4.79 Å². The molecule has 6 heteroatoms. The molecule has 0 radical (unpaired) electrons. The van der Waals surface area contributed by atoms with Gasteiger partial charge in [-0.25, -0.2) is 4.79 Å². The number of nitrogens with zero attached hydrogens (tertiary/aromatic N) is 1. The summed E-state index contributed by atoms with van der Waals surface area (Å²) in [5.74, 6) is -0.541. The SMILES string of the molecule is CCOC(=O)c1[nH]c2ccccc2c1NC(=O)CCN1CCCC1. The average Bonchev–Trinajstić information content (AvgIpc) is 3.21. The number of esters is 1. The molecule has 1 amide bonds. The highest BCUT2D eigenvalue weighted by Crippen LogP contribution is 2.28. The highest BCUT2D eigenvalue weighted by Gasteiger charge is 2.21. The lowest BCUT2D eigenvalue weighted by molar-refractivity contribution is -0.116. The van der Waals surface area contributed by atoms with Gasteiger partial charge in [0, 0.05) is 23.9 Å². The van der Waals surface area contributed by atoms with Gasteiger partial charge in [-0.1, -0.05) is 18.2 Å². The van der Waals surface area contributed by atoms with Crippen LogP contribution >= 0.6 is 0 Å². The van der Waals surface area contributed by atoms with E-state index in [0.29, 0.717) is 17.8 Å². The van der Waals surface area contributed by atoms with Gasteiger partial charge in [0.1, 0.15) is 5.69 Å². The first-order chi connectivity index (χ1) is 11.7. The number of fused-ring (bicyclic) bond motifs is 1. The van der Waals surface area contributed by atoms with Crippen molar-refractivity contribution < 1.29 is 14.3 Å². The van der Waals surface area contributed by atoms with Gasteiger partial charge in [-0.05, 0) is 38.9 Å². The molecule has 6 nitrogen and oxygen atoms in total. The minimum Gasteiger partial charge on any atom is -0.461 e. The molecular formula is C18H23N3O3. The summed E-state index contributed by atoms with van der Waals surface area (Å²) >= 11 is 0. The number of H-pyrrole nitrogens is 1. The van der Waals surface area contributed by atoms with Crippen molar-refractivity contribution in [3.05, 3.63) is 30.0 Å². The second kappa shape index (κ2) is 7.49. The Kier molecular flexibility index (Phi) is 5.15. The molecule has 3 rings (SSSR count). The summed E-state index contributed by atoms with van der Waals surface area (Å²) in [7, 11) is 0. The number of hydrogen-bond acceptors (Lipinski definition) is 4. The van der Waals surface area contributed by atoms with Gasteiger partial charge < -0.3 is 19.9 Å². The van der Waals surface area contributed by atoms with Crippen LogP contribution in [0.15, 0.2) is 24.3 Å². The first-order valence-corrected chi connectivity index (χ1v) is 8.49. The van der Waals surface area contributed by atoms with Crippen molar-refractivity contribution in [2.75, 3.05) is 31.6 Å². The van der Waals surface area contributed by atoms with Crippen LogP contribution in [-0.4, -0.2) is 48.0 Å². The largest absolute Gasteiger partial charge is 0.461 e. The van der Waals surface area contributed by atoms with Gasteiger partial charge in [0.05, 0.1) is 12.3 Å². The van der Waals surface area contributed by atoms with E-state index in [1.54, 1.807) is 6.92 Å². The zero-order valence-corrected chi connectivity index (χ0v) is 13.9. The van der Waals surface area contributed by atoms with E-state index in [0.717, 1.165) is 30.5 Å². The lowest BCUT2D eigenvalue weighted by Gasteiger charge is -2.14. The molecule has 2 heterocycles. The monoisotopic (exact) mass is 329 g/mol. The predicted octanol–water partition coefficient (Wildman–Crippen LogP) is 2.77. The molecule has 2 aromatic rings. The Morgan fingerprint density at radius 2 is 2.00 bits per heavy atom. The van der Waals surface area contributed by atoms with Crippen LogP contribution < -0.4 is 5.32 Å². The molecule has 1 aliphatic rings. The number of carbonyl (C=O) groups is 2. The summed E-state index contributed by atoms with van der Waals surface area (Å²) in [6, 6.07) is 7.51. The van der Waals surface area contributed by atoms with E-state index in [4.69, 9.17) is 4.74 Å². The molecular weight excluding hydrogens is 306 g/mol. The van der Waals surface area contributed by atoms with Gasteiger partial charge in [0.15, 0.2) is 0 Å². The predicted molar refractivity (Wildman–Crippen MR) is 93.2 cm³/mol. The zero-order valence-electron chi connectivity index (χ0n) is 13.9. The molecule has 0 saturated carbocycles. The average molecular weight is 329 g/mol. The van der Waals surface area contributed by atoms with E-state index in [9.17, 15) is 9.59 Å². The van der Waals surface area contributed by atoms with Gasteiger partial charge in [0.2, 0.25) is 5.91 Å². The van der Waals surface area contributed by atoms with Crippen LogP contribution in [0.4, 0.5) is 5.69 Å². The Balaban J connectivity index is 1.77. The first-order valence-electron chi connectivity index (χ1n) is 8.49. The number of aromatic nitrogens is 1. The van der Waals surface area contributed by atoms with Crippen LogP contribution in [0.25, 0.3) is 10.9 Å². The summed E-state index contributed by atoms with van der Waals surface area (Å²) in [6.45, 7) is 4.93. The van der Waals surface area contributed by atoms with Crippen molar-refractivity contribution in [3.8, 4) is 0 Å². The smallest absolute Gasteiger partial charge is 0.356 e. The quantitative estimate of drug-likeness (QED) is 0.799. The van der Waals surface area contributed by atoms with Crippen LogP contribution in [-0.2, 0) is 9.53 Å². The minimum atomic E-state index is -0.455. The number of para-hydroxylation sites is 1. The van der Waals surface area contributed by atoms with Gasteiger partial charge >= 0.3 is 5.97 Å². The maximum absolute atomic E-state index is 12.3. The molecule has 1 fully saturated rings. The molecule has 128 valence electrons. The summed E-state index contributed by atoms with van der Waals surface area (Å²) in [5, 5.41) is 3.71. The van der Waals surface area contributed by atoms with Gasteiger partial charge in [0.25, 0.3) is 0 Å². The van der Waals surface area contributed by atoms with E-state index < -0.39 is 5.97 Å². The van der Waals surface area contributed by atoms with Crippen LogP contribution in [0.3, 0.4) is 0 Å². The standard InChI is InChI=1S/C18H23N3O3/c1-2-24-18(23)17-16(13-7-3-4-8-14(13)19-17)20-15(22)9-12-21-10-5-6-11-21/h3-4,7-8,19H,2,5-6,9-12H2,1H3,(H,20,22). The van der Waals surface area contributed by atoms with E-state index in [2.05, 4.69) is 15.2 Å². The fourth-order valence-electron chi connectivity index (χ4n) is 3.10. The van der Waals surface area contributed by atoms with Gasteiger partial charge in [-0.15, -0.1) is 0 Å². The maximum Gasteiger partial charge on any atom is 0.356 e. The van der Waals surface area contributed by atoms with Gasteiger partial charge in [-0.2, -0.15) is 0 Å². The highest BCUT2D eigenvalue weighted by atomic mass is 16.5. The van der Waals surface area contributed by atoms with Crippen molar-refractivity contribution in [2.45, 2.75) is 26.2 Å². The third-order valence-corrected chi connectivity index (χ3v) is 4.30. The van der Waals surface area contributed by atoms with E-state index in [1.807, 2.05) is 24.3 Å². The number of ether oxygens (including phenoxy) is 1. The Morgan fingerprint density at radius 3 is 2.75 bits per heavy atom. The number of aromatic amines is 1. The second-order valence-electron chi connectivity index (χ2n) is 5.99. The number of hydrogen-bond donors (Lipinski definition) is 2. The van der Waals surface area contributed by atoms with Crippen LogP contribution in [0.2, 0.25) is 0 Å². The molecule has 0 spiro atoms. The highest BCUT2D eigenvalue weighted by molar-refractivity contribution is 6.10. The van der Waals surface area contributed by atoms with Crippen LogP contribution in [0, 0.1) is 0 Å². The normalized spacial score (nSPS) is 14.9. The zero-order chi connectivity index (χ0) is 16.9. The number of carbonyl (C=O) groups excluding carboxylic acids is 2. The fraction of sp³-hybridized carbons (Fsp3) is 0.444. The summed E-state index contributed by atoms with van der Waals surface area (Å²) < 4.78 is 5.09. The lowest BCUT2D eigenvalue weighted by atomic mass is 10.2. The van der Waals surface area contributed by atoms with Crippen molar-refractivity contribution >= 4 is 28.5 Å². The van der Waals surface area contributed by atoms with Crippen molar-refractivity contribution in [1.29, 1.82) is 0 Å². The summed E-state index contributed by atoms with van der Waals surface area (Å²) in [4.78, 5) is 29.9. The molecule has 1 aromatic carbocycles. The maximum atomic E-state index is 12.3. The third-order valence-electron chi connectivity index (χ3n) is 4.30. The molecule has 0 atom stereocenters. The number of likely N-dealkylation sites (tertiary alicyclic amines) is 1. The first kappa shape index (κ1) is 16.5. The molecule has 0 bridgehead atoms. The Hall–Kier alpha value is -2.34. The van der Waals surface area contributed by atoms with Crippen molar-refractivity contribution in [3.63, 3.8) is 0 Å². The Labute approximate surface area is 141 Å². The van der Waals surface area contributed by atoms with E-state index >= 15 is 0 Å². The Bertz CT molecular complexity index is 732. The minimum absolute atomic E-state index is 0.0859. The molecule has 0 aliphatic carbocycles. The number of rotatable bonds is 6. The Morgan fingerprint density at radius 1 is 1.25 bits per heavy atom. The fourth-order valence-corrected chi connectivity index (χ4v) is 3.10. The molecule has 1 aromatic heterocycles. The lowest BCUT2D eigenvalue weighted by Crippen LogP contribution is -2.25. The van der Waals surface area contributed by atoms with E-state index in [-0.39, 0.29) is 12.5 Å². The van der Waals surface area contributed by atoms with Crippen molar-refractivity contribution in [2.24, 2.45) is 0 Å². The summed E-state index contributed by atoms with van der Waals surface area (Å²) in [5.41, 5.74) is 1.61. The molecule has 1 aliphatic heterocycles. The number of nitrogens with one attached hydrogen (secondary N) is 2. The topological polar surface area (TPSA) is 74.4 Å². The molecule has 1 saturated heterocycles. The molecule has 2 N–H and O–H groups in total. The molecule has 0 unspecified atom stereocenters. The number of benzene rings is 1. The van der Waals surface area contributed by atoms with Crippen LogP contribution in [0.5, 0.6) is 0 Å². The number of amides is 1. The summed E-state index contributed by atoms with van der Waals surface area (Å²) in [6.07, 6.45) is 2.83. The van der Waals surface area contributed by atoms with E-state index in [1.165, 1.54) is 12.8 Å².